The molecule has 0 aliphatic rings. The van der Waals surface area contributed by atoms with E-state index in [-0.39, 0.29) is 18.2 Å². The molecule has 0 bridgehead atoms. The van der Waals surface area contributed by atoms with Crippen molar-refractivity contribution in [1.82, 2.24) is 0 Å². The summed E-state index contributed by atoms with van der Waals surface area (Å²) in [6.07, 6.45) is -6.06. The first-order valence-electron chi connectivity index (χ1n) is 6.20. The molecule has 1 unspecified atom stereocenters. The average Bonchev–Trinajstić information content (AvgIpc) is 2.44. The van der Waals surface area contributed by atoms with Crippen LogP contribution in [0.2, 0.25) is 0 Å². The van der Waals surface area contributed by atoms with Gasteiger partial charge in [-0.3, -0.25) is 19.7 Å². The third kappa shape index (κ3) is 3.78. The smallest absolute Gasteiger partial charge is 0.458 e. The zero-order chi connectivity index (χ0) is 19.7. The van der Waals surface area contributed by atoms with Gasteiger partial charge in [0.1, 0.15) is 11.7 Å². The molecule has 0 heterocycles. The van der Waals surface area contributed by atoms with Gasteiger partial charge in [0.25, 0.3) is 5.69 Å². The minimum atomic E-state index is -6.06. The fraction of sp³-hybridized carbons (Fsp3) is 0.308. The first-order valence-corrected chi connectivity index (χ1v) is 6.20. The van der Waals surface area contributed by atoms with Crippen molar-refractivity contribution >= 4 is 23.2 Å². The van der Waals surface area contributed by atoms with Gasteiger partial charge < -0.3 is 9.90 Å². The number of aliphatic carboxylic acids is 1. The molecule has 0 aliphatic carbocycles. The number of ketones is 2. The summed E-state index contributed by atoms with van der Waals surface area (Å²) in [5, 5.41) is 21.7. The third-order valence-corrected chi connectivity index (χ3v) is 3.08. The average molecular weight is 368 g/mol. The van der Waals surface area contributed by atoms with E-state index in [1.807, 2.05) is 0 Å². The predicted octanol–water partition coefficient (Wildman–Crippen LogP) is 1.39. The maximum absolute atomic E-state index is 13.3. The zero-order valence-electron chi connectivity index (χ0n) is 12.1. The first kappa shape index (κ1) is 20.1. The molecule has 0 fully saturated rings. The molecular formula is C13H7F5NO6-. The molecular weight excluding hydrogens is 361 g/mol. The molecule has 1 aromatic carbocycles. The zero-order valence-corrected chi connectivity index (χ0v) is 12.1. The summed E-state index contributed by atoms with van der Waals surface area (Å²) in [5.74, 6) is -13.0. The van der Waals surface area contributed by atoms with E-state index in [1.54, 1.807) is 0 Å². The normalized spacial score (nSPS) is 13.2. The number of nitrogens with zero attached hydrogens (tertiary/aromatic N) is 1. The fourth-order valence-electron chi connectivity index (χ4n) is 1.86. The minimum absolute atomic E-state index is 0.0835. The number of carboxylic acid groups (broad SMARTS) is 1. The summed E-state index contributed by atoms with van der Waals surface area (Å²) in [5.41, 5.74) is -4.44. The summed E-state index contributed by atoms with van der Waals surface area (Å²) in [6, 6.07) is 0.113. The van der Waals surface area contributed by atoms with Crippen LogP contribution in [0.25, 0.3) is 0 Å². The van der Waals surface area contributed by atoms with Crippen LogP contribution in [-0.4, -0.2) is 28.6 Å². The van der Waals surface area contributed by atoms with Gasteiger partial charge in [0.15, 0.2) is 5.78 Å². The summed E-state index contributed by atoms with van der Waals surface area (Å²) >= 11 is 0. The van der Waals surface area contributed by atoms with Crippen molar-refractivity contribution in [3.8, 4) is 0 Å². The molecule has 0 amide bonds. The SMILES string of the molecule is CC(=O)C(C(=O)[O-])C(=O)c1ccc(C(F)(F)C(F)(F)F)cc1[N+](=O)[O-]. The largest absolute Gasteiger partial charge is 0.549 e. The maximum atomic E-state index is 13.3. The van der Waals surface area contributed by atoms with Crippen LogP contribution in [-0.2, 0) is 15.5 Å². The van der Waals surface area contributed by atoms with Crippen LogP contribution < -0.4 is 5.11 Å². The molecule has 0 radical (unpaired) electrons. The number of carbonyl (C=O) groups excluding carboxylic acids is 3. The minimum Gasteiger partial charge on any atom is -0.549 e. The molecule has 0 saturated carbocycles. The second-order valence-corrected chi connectivity index (χ2v) is 4.79. The number of halogens is 5. The highest BCUT2D eigenvalue weighted by Gasteiger charge is 2.59. The number of nitro groups is 1. The van der Waals surface area contributed by atoms with Crippen molar-refractivity contribution in [2.75, 3.05) is 0 Å². The van der Waals surface area contributed by atoms with E-state index in [1.165, 1.54) is 0 Å². The van der Waals surface area contributed by atoms with E-state index < -0.39 is 57.3 Å². The highest BCUT2D eigenvalue weighted by Crippen LogP contribution is 2.45. The molecule has 0 aromatic heterocycles. The van der Waals surface area contributed by atoms with Crippen molar-refractivity contribution in [3.05, 3.63) is 39.4 Å². The van der Waals surface area contributed by atoms with Gasteiger partial charge in [0.2, 0.25) is 0 Å². The lowest BCUT2D eigenvalue weighted by molar-refractivity contribution is -0.385. The number of hydrogen-bond acceptors (Lipinski definition) is 6. The van der Waals surface area contributed by atoms with E-state index in [9.17, 15) is 51.6 Å². The Bertz CT molecular complexity index is 744. The highest BCUT2D eigenvalue weighted by atomic mass is 19.4. The van der Waals surface area contributed by atoms with Gasteiger partial charge in [-0.15, -0.1) is 0 Å². The van der Waals surface area contributed by atoms with Crippen molar-refractivity contribution in [2.24, 2.45) is 5.92 Å². The molecule has 7 nitrogen and oxygen atoms in total. The van der Waals surface area contributed by atoms with Gasteiger partial charge in [-0.1, -0.05) is 6.07 Å². The summed E-state index contributed by atoms with van der Waals surface area (Å²) in [7, 11) is 0. The van der Waals surface area contributed by atoms with E-state index >= 15 is 0 Å². The fourth-order valence-corrected chi connectivity index (χ4v) is 1.86. The van der Waals surface area contributed by atoms with Crippen LogP contribution in [0.4, 0.5) is 27.6 Å². The van der Waals surface area contributed by atoms with E-state index in [0.717, 1.165) is 0 Å². The molecule has 0 N–H and O–H groups in total. The number of Topliss-reactive ketones (excluding diaryl/α,β-unsaturated/α-hetero) is 2. The molecule has 12 heteroatoms. The van der Waals surface area contributed by atoms with Crippen molar-refractivity contribution < 1.29 is 46.4 Å². The summed E-state index contributed by atoms with van der Waals surface area (Å²) < 4.78 is 63.5. The number of rotatable bonds is 6. The van der Waals surface area contributed by atoms with Crippen LogP contribution >= 0.6 is 0 Å². The Kier molecular flexibility index (Phi) is 5.26. The van der Waals surface area contributed by atoms with Gasteiger partial charge in [-0.2, -0.15) is 22.0 Å². The van der Waals surface area contributed by atoms with Crippen molar-refractivity contribution in [2.45, 2.75) is 19.0 Å². The molecule has 0 aliphatic heterocycles. The number of carboxylic acids is 1. The highest BCUT2D eigenvalue weighted by molar-refractivity contribution is 6.22. The first-order chi connectivity index (χ1) is 11.2. The van der Waals surface area contributed by atoms with Gasteiger partial charge >= 0.3 is 12.1 Å². The van der Waals surface area contributed by atoms with Gasteiger partial charge in [-0.25, -0.2) is 0 Å². The standard InChI is InChI=1S/C13H8F5NO6/c1-5(20)9(11(22)23)10(21)7-3-2-6(4-8(7)19(24)25)12(14,15)13(16,17)18/h2-4,9H,1H3,(H,22,23)/p-1. The lowest BCUT2D eigenvalue weighted by Crippen LogP contribution is -2.40. The Morgan fingerprint density at radius 3 is 2.00 bits per heavy atom. The summed E-state index contributed by atoms with van der Waals surface area (Å²) in [6.45, 7) is 0.663. The topological polar surface area (TPSA) is 117 Å². The number of carbonyl (C=O) groups is 3. The molecule has 1 rings (SSSR count). The number of hydrogen-bond donors (Lipinski definition) is 0. The van der Waals surface area contributed by atoms with Crippen LogP contribution in [0.3, 0.4) is 0 Å². The van der Waals surface area contributed by atoms with Crippen LogP contribution in [0.5, 0.6) is 0 Å². The van der Waals surface area contributed by atoms with Crippen LogP contribution in [0.1, 0.15) is 22.8 Å². The molecule has 0 saturated heterocycles. The Labute approximate surface area is 135 Å². The lowest BCUT2D eigenvalue weighted by atomic mass is 9.92. The van der Waals surface area contributed by atoms with E-state index in [0.29, 0.717) is 6.92 Å². The molecule has 1 atom stereocenters. The third-order valence-electron chi connectivity index (χ3n) is 3.08. The molecule has 0 spiro atoms. The summed E-state index contributed by atoms with van der Waals surface area (Å²) in [4.78, 5) is 43.4. The Balaban J connectivity index is 3.56. The number of nitro benzene ring substituents is 1. The Hall–Kier alpha value is -2.92. The van der Waals surface area contributed by atoms with Gasteiger partial charge in [0.05, 0.1) is 16.5 Å². The van der Waals surface area contributed by atoms with Crippen LogP contribution in [0.15, 0.2) is 18.2 Å². The maximum Gasteiger partial charge on any atom is 0.458 e. The molecule has 1 aromatic rings. The monoisotopic (exact) mass is 368 g/mol. The van der Waals surface area contributed by atoms with Crippen molar-refractivity contribution in [3.63, 3.8) is 0 Å². The number of benzene rings is 1. The van der Waals surface area contributed by atoms with E-state index in [2.05, 4.69) is 0 Å². The lowest BCUT2D eigenvalue weighted by Gasteiger charge is -2.20. The second kappa shape index (κ2) is 6.53. The van der Waals surface area contributed by atoms with Gasteiger partial charge in [-0.05, 0) is 13.0 Å². The Morgan fingerprint density at radius 1 is 1.12 bits per heavy atom. The van der Waals surface area contributed by atoms with Crippen LogP contribution in [0, 0.1) is 16.0 Å². The van der Waals surface area contributed by atoms with E-state index in [4.69, 9.17) is 0 Å². The van der Waals surface area contributed by atoms with Crippen molar-refractivity contribution in [1.29, 1.82) is 0 Å². The predicted molar refractivity (Wildman–Crippen MR) is 66.6 cm³/mol. The number of alkyl halides is 5. The second-order valence-electron chi connectivity index (χ2n) is 4.79. The Morgan fingerprint density at radius 2 is 1.64 bits per heavy atom. The molecule has 136 valence electrons. The quantitative estimate of drug-likeness (QED) is 0.246. The van der Waals surface area contributed by atoms with Gasteiger partial charge in [0, 0.05) is 11.6 Å². The molecule has 25 heavy (non-hydrogen) atoms.